The van der Waals surface area contributed by atoms with E-state index in [4.69, 9.17) is 16.3 Å². The summed E-state index contributed by atoms with van der Waals surface area (Å²) in [5.74, 6) is 0.805. The molecule has 3 rings (SSSR count). The summed E-state index contributed by atoms with van der Waals surface area (Å²) >= 11 is 6.11. The van der Waals surface area contributed by atoms with Gasteiger partial charge in [0.2, 0.25) is 0 Å². The highest BCUT2D eigenvalue weighted by Gasteiger charge is 2.20. The van der Waals surface area contributed by atoms with Crippen LogP contribution in [0.3, 0.4) is 0 Å². The lowest BCUT2D eigenvalue weighted by Gasteiger charge is -2.09. The minimum atomic E-state index is -0.0110. The summed E-state index contributed by atoms with van der Waals surface area (Å²) in [6.07, 6.45) is 2.75. The van der Waals surface area contributed by atoms with Crippen LogP contribution in [-0.2, 0) is 12.8 Å². The van der Waals surface area contributed by atoms with Crippen molar-refractivity contribution in [3.05, 3.63) is 57.9 Å². The lowest BCUT2D eigenvalue weighted by molar-refractivity contribution is 0.0986. The number of aromatic nitrogens is 1. The number of nitrogens with zero attached hydrogens (tertiary/aromatic N) is 1. The van der Waals surface area contributed by atoms with Gasteiger partial charge in [-0.3, -0.25) is 9.78 Å². The molecule has 0 amide bonds. The average Bonchev–Trinajstić information content (AvgIpc) is 2.87. The molecule has 2 heterocycles. The number of rotatable bonds is 3. The van der Waals surface area contributed by atoms with E-state index >= 15 is 0 Å². The van der Waals surface area contributed by atoms with E-state index in [0.29, 0.717) is 17.3 Å². The van der Waals surface area contributed by atoms with Gasteiger partial charge in [0, 0.05) is 29.6 Å². The van der Waals surface area contributed by atoms with Gasteiger partial charge in [0.15, 0.2) is 5.78 Å². The van der Waals surface area contributed by atoms with Crippen LogP contribution in [0.4, 0.5) is 0 Å². The van der Waals surface area contributed by atoms with E-state index in [1.807, 2.05) is 31.2 Å². The van der Waals surface area contributed by atoms with Crippen LogP contribution in [0.5, 0.6) is 5.75 Å². The molecule has 0 fully saturated rings. The van der Waals surface area contributed by atoms with Crippen LogP contribution < -0.4 is 4.74 Å². The van der Waals surface area contributed by atoms with E-state index in [1.165, 1.54) is 0 Å². The standard InChI is InChI=1S/C16H14ClNO2/c1-10-3-2-5-18-15(10)14(19)9-12-8-13(17)7-11-4-6-20-16(11)12/h2-3,5,7-8H,4,6,9H2,1H3. The minimum Gasteiger partial charge on any atom is -0.493 e. The first kappa shape index (κ1) is 13.1. The molecule has 0 atom stereocenters. The molecule has 1 aliphatic heterocycles. The Morgan fingerprint density at radius 3 is 3.10 bits per heavy atom. The number of halogens is 1. The number of carbonyl (C=O) groups excluding carboxylic acids is 1. The van der Waals surface area contributed by atoms with Crippen molar-refractivity contribution >= 4 is 17.4 Å². The maximum Gasteiger partial charge on any atom is 0.185 e. The lowest BCUT2D eigenvalue weighted by atomic mass is 10.0. The first-order valence-electron chi connectivity index (χ1n) is 6.54. The topological polar surface area (TPSA) is 39.2 Å². The molecule has 3 nitrogen and oxygen atoms in total. The van der Waals surface area contributed by atoms with Crippen molar-refractivity contribution in [1.82, 2.24) is 4.98 Å². The first-order chi connectivity index (χ1) is 9.65. The third-order valence-electron chi connectivity index (χ3n) is 3.45. The molecule has 0 N–H and O–H groups in total. The number of carbonyl (C=O) groups is 1. The van der Waals surface area contributed by atoms with Crippen LogP contribution in [-0.4, -0.2) is 17.4 Å². The molecule has 102 valence electrons. The number of hydrogen-bond donors (Lipinski definition) is 0. The lowest BCUT2D eigenvalue weighted by Crippen LogP contribution is -2.08. The number of Topliss-reactive ketones (excluding diaryl/α,β-unsaturated/α-hetero) is 1. The highest BCUT2D eigenvalue weighted by atomic mass is 35.5. The van der Waals surface area contributed by atoms with Crippen molar-refractivity contribution < 1.29 is 9.53 Å². The fourth-order valence-electron chi connectivity index (χ4n) is 2.51. The third kappa shape index (κ3) is 2.41. The normalized spacial score (nSPS) is 12.9. The summed E-state index contributed by atoms with van der Waals surface area (Å²) in [5.41, 5.74) is 3.33. The van der Waals surface area contributed by atoms with Crippen LogP contribution in [0.2, 0.25) is 5.02 Å². The van der Waals surface area contributed by atoms with Gasteiger partial charge in [0.1, 0.15) is 11.4 Å². The molecule has 0 spiro atoms. The molecule has 0 aliphatic carbocycles. The number of hydrogen-bond acceptors (Lipinski definition) is 3. The summed E-state index contributed by atoms with van der Waals surface area (Å²) in [7, 11) is 0. The molecule has 0 saturated carbocycles. The molecule has 1 aromatic carbocycles. The van der Waals surface area contributed by atoms with Crippen molar-refractivity contribution in [2.45, 2.75) is 19.8 Å². The van der Waals surface area contributed by atoms with Crippen LogP contribution in [0, 0.1) is 6.92 Å². The smallest absolute Gasteiger partial charge is 0.185 e. The Hall–Kier alpha value is -1.87. The second kappa shape index (κ2) is 5.25. The van der Waals surface area contributed by atoms with Crippen LogP contribution in [0.25, 0.3) is 0 Å². The predicted molar refractivity (Wildman–Crippen MR) is 77.7 cm³/mol. The number of pyridine rings is 1. The van der Waals surface area contributed by atoms with Crippen molar-refractivity contribution in [3.63, 3.8) is 0 Å². The summed E-state index contributed by atoms with van der Waals surface area (Å²) in [5, 5.41) is 0.648. The number of ketones is 1. The Morgan fingerprint density at radius 2 is 2.30 bits per heavy atom. The predicted octanol–water partition coefficient (Wildman–Crippen LogP) is 3.40. The first-order valence-corrected chi connectivity index (χ1v) is 6.92. The molecule has 2 aromatic rings. The van der Waals surface area contributed by atoms with Crippen molar-refractivity contribution in [3.8, 4) is 5.75 Å². The quantitative estimate of drug-likeness (QED) is 0.812. The van der Waals surface area contributed by atoms with E-state index in [1.54, 1.807) is 6.20 Å². The SMILES string of the molecule is Cc1cccnc1C(=O)Cc1cc(Cl)cc2c1OCC2. The minimum absolute atomic E-state index is 0.0110. The number of aryl methyl sites for hydroxylation is 1. The zero-order valence-corrected chi connectivity index (χ0v) is 11.9. The zero-order chi connectivity index (χ0) is 14.1. The maximum atomic E-state index is 12.4. The van der Waals surface area contributed by atoms with Gasteiger partial charge in [0.25, 0.3) is 0 Å². The van der Waals surface area contributed by atoms with Gasteiger partial charge < -0.3 is 4.74 Å². The molecule has 0 unspecified atom stereocenters. The summed E-state index contributed by atoms with van der Waals surface area (Å²) in [6, 6.07) is 7.43. The molecule has 1 aliphatic rings. The Morgan fingerprint density at radius 1 is 1.45 bits per heavy atom. The summed E-state index contributed by atoms with van der Waals surface area (Å²) in [6.45, 7) is 2.54. The highest BCUT2D eigenvalue weighted by Crippen LogP contribution is 2.33. The van der Waals surface area contributed by atoms with Crippen LogP contribution >= 0.6 is 11.6 Å². The third-order valence-corrected chi connectivity index (χ3v) is 3.67. The number of benzene rings is 1. The van der Waals surface area contributed by atoms with Gasteiger partial charge >= 0.3 is 0 Å². The van der Waals surface area contributed by atoms with Gasteiger partial charge in [-0.05, 0) is 36.2 Å². The zero-order valence-electron chi connectivity index (χ0n) is 11.1. The van der Waals surface area contributed by atoms with E-state index in [0.717, 1.165) is 28.9 Å². The van der Waals surface area contributed by atoms with Crippen molar-refractivity contribution in [2.24, 2.45) is 0 Å². The van der Waals surface area contributed by atoms with Gasteiger partial charge in [0.05, 0.1) is 6.61 Å². The van der Waals surface area contributed by atoms with E-state index in [9.17, 15) is 4.79 Å². The average molecular weight is 288 g/mol. The number of fused-ring (bicyclic) bond motifs is 1. The van der Waals surface area contributed by atoms with Crippen molar-refractivity contribution in [2.75, 3.05) is 6.61 Å². The van der Waals surface area contributed by atoms with Crippen LogP contribution in [0.15, 0.2) is 30.5 Å². The molecule has 4 heteroatoms. The maximum absolute atomic E-state index is 12.4. The van der Waals surface area contributed by atoms with Gasteiger partial charge in [-0.15, -0.1) is 0 Å². The van der Waals surface area contributed by atoms with E-state index in [2.05, 4.69) is 4.98 Å². The molecular weight excluding hydrogens is 274 g/mol. The fraction of sp³-hybridized carbons (Fsp3) is 0.250. The Labute approximate surface area is 122 Å². The summed E-state index contributed by atoms with van der Waals surface area (Å²) < 4.78 is 5.62. The highest BCUT2D eigenvalue weighted by molar-refractivity contribution is 6.30. The molecule has 0 saturated heterocycles. The molecular formula is C16H14ClNO2. The fourth-order valence-corrected chi connectivity index (χ4v) is 2.78. The van der Waals surface area contributed by atoms with Gasteiger partial charge in [-0.2, -0.15) is 0 Å². The van der Waals surface area contributed by atoms with Gasteiger partial charge in [-0.1, -0.05) is 17.7 Å². The largest absolute Gasteiger partial charge is 0.493 e. The van der Waals surface area contributed by atoms with Crippen molar-refractivity contribution in [1.29, 1.82) is 0 Å². The number of ether oxygens (including phenoxy) is 1. The monoisotopic (exact) mass is 287 g/mol. The second-order valence-electron chi connectivity index (χ2n) is 4.92. The Kier molecular flexibility index (Phi) is 3.45. The van der Waals surface area contributed by atoms with E-state index < -0.39 is 0 Å². The second-order valence-corrected chi connectivity index (χ2v) is 5.36. The van der Waals surface area contributed by atoms with E-state index in [-0.39, 0.29) is 12.2 Å². The molecule has 0 bridgehead atoms. The molecule has 1 aromatic heterocycles. The molecule has 20 heavy (non-hydrogen) atoms. The van der Waals surface area contributed by atoms with Gasteiger partial charge in [-0.25, -0.2) is 0 Å². The van der Waals surface area contributed by atoms with Crippen LogP contribution in [0.1, 0.15) is 27.2 Å². The Bertz CT molecular complexity index is 682. The molecule has 0 radical (unpaired) electrons. The summed E-state index contributed by atoms with van der Waals surface area (Å²) in [4.78, 5) is 16.6. The Balaban J connectivity index is 1.93.